The fraction of sp³-hybridized carbons (Fsp3) is 0.778. The van der Waals surface area contributed by atoms with Gasteiger partial charge < -0.3 is 15.3 Å². The summed E-state index contributed by atoms with van der Waals surface area (Å²) in [6.07, 6.45) is 1.03. The number of nitrogens with zero attached hydrogens (tertiary/aromatic N) is 1. The minimum absolute atomic E-state index is 0.0176. The molecule has 0 aromatic carbocycles. The molecule has 3 N–H and O–H groups in total. The van der Waals surface area contributed by atoms with E-state index in [9.17, 15) is 4.79 Å². The van der Waals surface area contributed by atoms with Crippen LogP contribution in [0.25, 0.3) is 0 Å². The van der Waals surface area contributed by atoms with Crippen molar-refractivity contribution in [1.29, 1.82) is 0 Å². The molecule has 0 fully saturated rings. The van der Waals surface area contributed by atoms with Crippen molar-refractivity contribution in [2.24, 2.45) is 0 Å². The third-order valence-corrected chi connectivity index (χ3v) is 2.05. The van der Waals surface area contributed by atoms with Crippen molar-refractivity contribution in [3.05, 3.63) is 0 Å². The van der Waals surface area contributed by atoms with Crippen LogP contribution in [0.4, 0.5) is 0 Å². The smallest absolute Gasteiger partial charge is 0.309 e. The van der Waals surface area contributed by atoms with Crippen LogP contribution in [0.3, 0.4) is 0 Å². The highest BCUT2D eigenvalue weighted by Gasteiger charge is 2.18. The van der Waals surface area contributed by atoms with Crippen molar-refractivity contribution in [3.8, 4) is 0 Å². The second-order valence-electron chi connectivity index (χ2n) is 3.13. The van der Waals surface area contributed by atoms with Gasteiger partial charge in [0, 0.05) is 26.1 Å². The largest absolute Gasteiger partial charge is 0.481 e. The number of carboxylic acid groups (broad SMARTS) is 1. The van der Waals surface area contributed by atoms with Crippen LogP contribution in [0.15, 0.2) is 0 Å². The van der Waals surface area contributed by atoms with E-state index in [0.717, 1.165) is 0 Å². The molecule has 0 aliphatic heterocycles. The molecule has 0 aliphatic carbocycles. The van der Waals surface area contributed by atoms with Gasteiger partial charge in [-0.3, -0.25) is 4.79 Å². The Balaban J connectivity index is 3.94. The lowest BCUT2D eigenvalue weighted by Gasteiger charge is -2.12. The predicted molar refractivity (Wildman–Crippen MR) is 51.7 cm³/mol. The molecule has 0 atom stereocenters. The first-order valence-electron chi connectivity index (χ1n) is 4.62. The summed E-state index contributed by atoms with van der Waals surface area (Å²) in [7, 11) is 0. The lowest BCUT2D eigenvalue weighted by Crippen LogP contribution is -2.29. The van der Waals surface area contributed by atoms with Crippen LogP contribution in [0.5, 0.6) is 0 Å². The second-order valence-corrected chi connectivity index (χ2v) is 3.13. The van der Waals surface area contributed by atoms with Crippen molar-refractivity contribution >= 4 is 12.7 Å². The molecule has 82 valence electrons. The van der Waals surface area contributed by atoms with Crippen LogP contribution < -0.4 is 0 Å². The number of aliphatic hydroxyl groups excluding tert-OH is 2. The first-order valence-corrected chi connectivity index (χ1v) is 4.62. The van der Waals surface area contributed by atoms with E-state index in [1.54, 1.807) is 4.58 Å². The van der Waals surface area contributed by atoms with E-state index >= 15 is 0 Å². The molecule has 0 saturated carbocycles. The monoisotopic (exact) mass is 204 g/mol. The molecule has 0 bridgehead atoms. The molecular weight excluding hydrogens is 186 g/mol. The first kappa shape index (κ1) is 13.1. The quantitative estimate of drug-likeness (QED) is 0.361. The Kier molecular flexibility index (Phi) is 6.96. The average Bonchev–Trinajstić information content (AvgIpc) is 2.14. The van der Waals surface area contributed by atoms with E-state index in [1.807, 2.05) is 0 Å². The summed E-state index contributed by atoms with van der Waals surface area (Å²) in [6, 6.07) is -0.0515. The zero-order valence-corrected chi connectivity index (χ0v) is 8.22. The molecule has 14 heavy (non-hydrogen) atoms. The average molecular weight is 204 g/mol. The lowest BCUT2D eigenvalue weighted by atomic mass is 10.1. The molecule has 5 heteroatoms. The van der Waals surface area contributed by atoms with Crippen molar-refractivity contribution in [2.75, 3.05) is 19.8 Å². The second kappa shape index (κ2) is 7.46. The number of carboxylic acids is 1. The molecule has 0 saturated heterocycles. The Morgan fingerprint density at radius 2 is 1.79 bits per heavy atom. The number of hydrogen-bond donors (Lipinski definition) is 3. The summed E-state index contributed by atoms with van der Waals surface area (Å²) in [5, 5.41) is 25.9. The molecule has 0 amide bonds. The summed E-state index contributed by atoms with van der Waals surface area (Å²) in [4.78, 5) is 10.3. The van der Waals surface area contributed by atoms with Gasteiger partial charge in [0.15, 0.2) is 12.6 Å². The van der Waals surface area contributed by atoms with E-state index in [0.29, 0.717) is 19.4 Å². The van der Waals surface area contributed by atoms with Crippen LogP contribution in [-0.2, 0) is 4.79 Å². The normalized spacial score (nSPS) is 10.5. The SMILES string of the molecule is C=[N+](CCC(=O)O)C(CCO)CCO. The van der Waals surface area contributed by atoms with Crippen LogP contribution in [0.2, 0.25) is 0 Å². The van der Waals surface area contributed by atoms with Crippen LogP contribution in [-0.4, -0.2) is 58.4 Å². The fourth-order valence-electron chi connectivity index (χ4n) is 1.23. The molecule has 0 radical (unpaired) electrons. The van der Waals surface area contributed by atoms with Crippen molar-refractivity contribution in [1.82, 2.24) is 0 Å². The zero-order valence-electron chi connectivity index (χ0n) is 8.22. The van der Waals surface area contributed by atoms with Gasteiger partial charge in [-0.25, -0.2) is 4.58 Å². The van der Waals surface area contributed by atoms with Gasteiger partial charge in [0.25, 0.3) is 0 Å². The summed E-state index contributed by atoms with van der Waals surface area (Å²) >= 11 is 0. The van der Waals surface area contributed by atoms with Gasteiger partial charge >= 0.3 is 5.97 Å². The van der Waals surface area contributed by atoms with Crippen LogP contribution in [0, 0.1) is 0 Å². The van der Waals surface area contributed by atoms with Crippen molar-refractivity contribution in [3.63, 3.8) is 0 Å². The Labute approximate surface area is 83.3 Å². The minimum Gasteiger partial charge on any atom is -0.481 e. The highest BCUT2D eigenvalue weighted by Crippen LogP contribution is 2.02. The number of aliphatic carboxylic acids is 1. The number of rotatable bonds is 8. The standard InChI is InChI=1S/C9H17NO4/c1-10(5-2-9(13)14)8(3-6-11)4-7-12/h8,11-12H,1-7H2/p+1. The third kappa shape index (κ3) is 5.66. The Bertz CT molecular complexity index is 187. The maximum absolute atomic E-state index is 10.3. The Hall–Kier alpha value is -0.940. The maximum Gasteiger partial charge on any atom is 0.309 e. The number of aliphatic hydroxyl groups is 2. The van der Waals surface area contributed by atoms with Gasteiger partial charge in [0.2, 0.25) is 0 Å². The molecule has 0 unspecified atom stereocenters. The summed E-state index contributed by atoms with van der Waals surface area (Å²) in [5.41, 5.74) is 0. The summed E-state index contributed by atoms with van der Waals surface area (Å²) in [6.45, 7) is 4.06. The Morgan fingerprint density at radius 3 is 2.14 bits per heavy atom. The molecule has 0 spiro atoms. The zero-order chi connectivity index (χ0) is 11.0. The van der Waals surface area contributed by atoms with Gasteiger partial charge in [-0.15, -0.1) is 0 Å². The van der Waals surface area contributed by atoms with Gasteiger partial charge in [-0.05, 0) is 0 Å². The number of hydrogen-bond acceptors (Lipinski definition) is 3. The van der Waals surface area contributed by atoms with Crippen molar-refractivity contribution < 1.29 is 24.7 Å². The van der Waals surface area contributed by atoms with E-state index in [-0.39, 0.29) is 25.7 Å². The van der Waals surface area contributed by atoms with Gasteiger partial charge in [0.1, 0.15) is 13.1 Å². The molecule has 0 rings (SSSR count). The highest BCUT2D eigenvalue weighted by molar-refractivity contribution is 5.66. The number of carbonyl (C=O) groups is 1. The van der Waals surface area contributed by atoms with Crippen LogP contribution >= 0.6 is 0 Å². The summed E-state index contributed by atoms with van der Waals surface area (Å²) < 4.78 is 1.61. The maximum atomic E-state index is 10.3. The minimum atomic E-state index is -0.870. The fourth-order valence-corrected chi connectivity index (χ4v) is 1.23. The van der Waals surface area contributed by atoms with Crippen LogP contribution in [0.1, 0.15) is 19.3 Å². The van der Waals surface area contributed by atoms with Gasteiger partial charge in [-0.1, -0.05) is 0 Å². The topological polar surface area (TPSA) is 80.8 Å². The summed E-state index contributed by atoms with van der Waals surface area (Å²) in [5.74, 6) is -0.870. The first-order chi connectivity index (χ1) is 6.61. The van der Waals surface area contributed by atoms with Gasteiger partial charge in [0.05, 0.1) is 0 Å². The predicted octanol–water partition coefficient (Wildman–Crippen LogP) is -0.692. The third-order valence-electron chi connectivity index (χ3n) is 2.05. The van der Waals surface area contributed by atoms with Crippen molar-refractivity contribution in [2.45, 2.75) is 25.3 Å². The molecule has 0 heterocycles. The molecule has 5 nitrogen and oxygen atoms in total. The highest BCUT2D eigenvalue weighted by atomic mass is 16.4. The molecular formula is C9H18NO4+. The lowest BCUT2D eigenvalue weighted by molar-refractivity contribution is -0.560. The molecule has 0 aliphatic rings. The van der Waals surface area contributed by atoms with E-state index in [4.69, 9.17) is 15.3 Å². The van der Waals surface area contributed by atoms with E-state index in [1.165, 1.54) is 0 Å². The Morgan fingerprint density at radius 1 is 1.29 bits per heavy atom. The van der Waals surface area contributed by atoms with E-state index in [2.05, 4.69) is 6.72 Å². The molecule has 0 aromatic heterocycles. The molecule has 0 aromatic rings. The van der Waals surface area contributed by atoms with Gasteiger partial charge in [-0.2, -0.15) is 0 Å². The van der Waals surface area contributed by atoms with E-state index < -0.39 is 5.97 Å².